The predicted octanol–water partition coefficient (Wildman–Crippen LogP) is 4.96. The van der Waals surface area contributed by atoms with Crippen molar-refractivity contribution in [1.82, 2.24) is 0 Å². The molecule has 3 aromatic rings. The summed E-state index contributed by atoms with van der Waals surface area (Å²) in [7, 11) is 0. The summed E-state index contributed by atoms with van der Waals surface area (Å²) in [5.74, 6) is 0. The van der Waals surface area contributed by atoms with Crippen LogP contribution in [-0.4, -0.2) is 13.1 Å². The van der Waals surface area contributed by atoms with E-state index in [0.717, 1.165) is 24.2 Å². The molecule has 0 atom stereocenters. The number of hydrogen-bond acceptors (Lipinski definition) is 3. The molecule has 0 aliphatic carbocycles. The minimum absolute atomic E-state index is 0.373. The van der Waals surface area contributed by atoms with Crippen LogP contribution in [0.3, 0.4) is 0 Å². The van der Waals surface area contributed by atoms with Crippen LogP contribution in [-0.2, 0) is 0 Å². The van der Waals surface area contributed by atoms with Crippen molar-refractivity contribution in [2.75, 3.05) is 18.0 Å². The highest BCUT2D eigenvalue weighted by Gasteiger charge is 2.12. The first-order chi connectivity index (χ1) is 11.1. The lowest BCUT2D eigenvalue weighted by Crippen LogP contribution is -2.21. The highest BCUT2D eigenvalue weighted by Crippen LogP contribution is 2.28. The van der Waals surface area contributed by atoms with Gasteiger partial charge in [-0.05, 0) is 38.1 Å². The molecule has 0 N–H and O–H groups in total. The summed E-state index contributed by atoms with van der Waals surface area (Å²) in [6.07, 6.45) is 0. The van der Waals surface area contributed by atoms with Gasteiger partial charge < -0.3 is 9.32 Å². The second-order valence-electron chi connectivity index (χ2n) is 5.32. The number of rotatable bonds is 4. The Morgan fingerprint density at radius 2 is 1.74 bits per heavy atom. The van der Waals surface area contributed by atoms with E-state index >= 15 is 0 Å². The fraction of sp³-hybridized carbons (Fsp3) is 0.211. The average molecular weight is 328 g/mol. The Morgan fingerprint density at radius 3 is 2.43 bits per heavy atom. The topological polar surface area (TPSA) is 33.5 Å². The first-order valence-electron chi connectivity index (χ1n) is 7.71. The maximum atomic E-state index is 12.4. The maximum absolute atomic E-state index is 12.4. The minimum atomic E-state index is -0.373. The van der Waals surface area contributed by atoms with Crippen molar-refractivity contribution in [3.05, 3.63) is 64.0 Å². The average Bonchev–Trinajstić information content (AvgIpc) is 2.56. The van der Waals surface area contributed by atoms with Crippen molar-refractivity contribution < 1.29 is 4.42 Å². The van der Waals surface area contributed by atoms with Crippen molar-refractivity contribution in [1.29, 1.82) is 0 Å². The van der Waals surface area contributed by atoms with Gasteiger partial charge in [-0.15, -0.1) is 0 Å². The van der Waals surface area contributed by atoms with E-state index in [0.29, 0.717) is 21.7 Å². The minimum Gasteiger partial charge on any atom is -0.422 e. The molecular weight excluding hydrogens is 310 g/mol. The summed E-state index contributed by atoms with van der Waals surface area (Å²) in [6, 6.07) is 15.1. The van der Waals surface area contributed by atoms with Crippen LogP contribution in [0.15, 0.2) is 57.7 Å². The Morgan fingerprint density at radius 1 is 1.00 bits per heavy atom. The Kier molecular flexibility index (Phi) is 4.39. The van der Waals surface area contributed by atoms with Crippen LogP contribution in [0.4, 0.5) is 5.69 Å². The van der Waals surface area contributed by atoms with Crippen molar-refractivity contribution in [2.45, 2.75) is 13.8 Å². The monoisotopic (exact) mass is 327 g/mol. The standard InChI is InChI=1S/C19H18ClNO2/c1-3-21(4-2)14-10-9-13-11-16(19(22)23-18(13)12-14)15-7-5-6-8-17(15)20/h5-12H,3-4H2,1-2H3. The van der Waals surface area contributed by atoms with Gasteiger partial charge in [0, 0.05) is 40.8 Å². The van der Waals surface area contributed by atoms with Crippen LogP contribution < -0.4 is 10.5 Å². The molecule has 0 bridgehead atoms. The Balaban J connectivity index is 2.15. The second kappa shape index (κ2) is 6.47. The van der Waals surface area contributed by atoms with Gasteiger partial charge in [-0.25, -0.2) is 4.79 Å². The summed E-state index contributed by atoms with van der Waals surface area (Å²) in [6.45, 7) is 6.02. The quantitative estimate of drug-likeness (QED) is 0.635. The molecule has 0 fully saturated rings. The van der Waals surface area contributed by atoms with E-state index in [4.69, 9.17) is 16.0 Å². The number of hydrogen-bond donors (Lipinski definition) is 0. The number of anilines is 1. The van der Waals surface area contributed by atoms with Gasteiger partial charge in [0.15, 0.2) is 0 Å². The molecule has 118 valence electrons. The van der Waals surface area contributed by atoms with Crippen LogP contribution in [0.5, 0.6) is 0 Å². The van der Waals surface area contributed by atoms with E-state index < -0.39 is 0 Å². The molecule has 23 heavy (non-hydrogen) atoms. The summed E-state index contributed by atoms with van der Waals surface area (Å²) in [5.41, 5.74) is 2.45. The molecule has 2 aromatic carbocycles. The first-order valence-corrected chi connectivity index (χ1v) is 8.09. The van der Waals surface area contributed by atoms with E-state index in [1.807, 2.05) is 42.5 Å². The van der Waals surface area contributed by atoms with Gasteiger partial charge in [-0.1, -0.05) is 29.8 Å². The molecule has 3 rings (SSSR count). The highest BCUT2D eigenvalue weighted by molar-refractivity contribution is 6.33. The van der Waals surface area contributed by atoms with E-state index in [1.165, 1.54) is 0 Å². The molecule has 1 heterocycles. The zero-order valence-corrected chi connectivity index (χ0v) is 13.9. The Labute approximate surface area is 140 Å². The third-order valence-corrected chi connectivity index (χ3v) is 4.34. The molecule has 0 radical (unpaired) electrons. The fourth-order valence-corrected chi connectivity index (χ4v) is 2.99. The lowest BCUT2D eigenvalue weighted by molar-refractivity contribution is 0.563. The van der Waals surface area contributed by atoms with Crippen molar-refractivity contribution in [3.63, 3.8) is 0 Å². The lowest BCUT2D eigenvalue weighted by Gasteiger charge is -2.21. The molecule has 0 saturated carbocycles. The van der Waals surface area contributed by atoms with E-state index in [-0.39, 0.29) is 5.63 Å². The van der Waals surface area contributed by atoms with Gasteiger partial charge in [0.2, 0.25) is 0 Å². The maximum Gasteiger partial charge on any atom is 0.344 e. The van der Waals surface area contributed by atoms with E-state index in [1.54, 1.807) is 6.07 Å². The third kappa shape index (κ3) is 2.97. The largest absolute Gasteiger partial charge is 0.422 e. The van der Waals surface area contributed by atoms with Crippen LogP contribution in [0, 0.1) is 0 Å². The van der Waals surface area contributed by atoms with Gasteiger partial charge >= 0.3 is 5.63 Å². The number of benzene rings is 2. The molecule has 0 amide bonds. The number of nitrogens with zero attached hydrogens (tertiary/aromatic N) is 1. The Bertz CT molecular complexity index is 897. The fourth-order valence-electron chi connectivity index (χ4n) is 2.75. The van der Waals surface area contributed by atoms with Crippen LogP contribution in [0.25, 0.3) is 22.1 Å². The summed E-state index contributed by atoms with van der Waals surface area (Å²) < 4.78 is 5.54. The number of halogens is 1. The molecule has 0 aliphatic heterocycles. The number of fused-ring (bicyclic) bond motifs is 1. The van der Waals surface area contributed by atoms with Crippen LogP contribution in [0.2, 0.25) is 5.02 Å². The molecule has 0 saturated heterocycles. The van der Waals surface area contributed by atoms with Crippen molar-refractivity contribution >= 4 is 28.3 Å². The third-order valence-electron chi connectivity index (χ3n) is 4.01. The highest BCUT2D eigenvalue weighted by atomic mass is 35.5. The second-order valence-corrected chi connectivity index (χ2v) is 5.73. The summed E-state index contributed by atoms with van der Waals surface area (Å²) >= 11 is 6.20. The molecule has 3 nitrogen and oxygen atoms in total. The van der Waals surface area contributed by atoms with Crippen molar-refractivity contribution in [2.24, 2.45) is 0 Å². The molecule has 4 heteroatoms. The summed E-state index contributed by atoms with van der Waals surface area (Å²) in [4.78, 5) is 14.6. The van der Waals surface area contributed by atoms with Crippen molar-refractivity contribution in [3.8, 4) is 11.1 Å². The predicted molar refractivity (Wildman–Crippen MR) is 96.5 cm³/mol. The normalized spacial score (nSPS) is 10.9. The van der Waals surface area contributed by atoms with Crippen LogP contribution in [0.1, 0.15) is 13.8 Å². The molecular formula is C19H18ClNO2. The van der Waals surface area contributed by atoms with Gasteiger partial charge in [0.25, 0.3) is 0 Å². The van der Waals surface area contributed by atoms with Gasteiger partial charge in [0.1, 0.15) is 5.58 Å². The molecule has 0 aliphatic rings. The summed E-state index contributed by atoms with van der Waals surface area (Å²) in [5, 5.41) is 1.43. The van der Waals surface area contributed by atoms with E-state index in [2.05, 4.69) is 18.7 Å². The Hall–Kier alpha value is -2.26. The zero-order chi connectivity index (χ0) is 16.4. The van der Waals surface area contributed by atoms with Gasteiger partial charge in [-0.2, -0.15) is 0 Å². The molecule has 0 unspecified atom stereocenters. The first kappa shape index (κ1) is 15.6. The van der Waals surface area contributed by atoms with Gasteiger partial charge in [0.05, 0.1) is 5.56 Å². The SMILES string of the molecule is CCN(CC)c1ccc2cc(-c3ccccc3Cl)c(=O)oc2c1. The molecule has 1 aromatic heterocycles. The smallest absolute Gasteiger partial charge is 0.344 e. The lowest BCUT2D eigenvalue weighted by atomic mass is 10.1. The van der Waals surface area contributed by atoms with Gasteiger partial charge in [-0.3, -0.25) is 0 Å². The van der Waals surface area contributed by atoms with Crippen LogP contribution >= 0.6 is 11.6 Å². The zero-order valence-electron chi connectivity index (χ0n) is 13.2. The van der Waals surface area contributed by atoms with E-state index in [9.17, 15) is 4.79 Å². The molecule has 0 spiro atoms.